The first-order valence-electron chi connectivity index (χ1n) is 5.91. The standard InChI is InChI=1S/C7H18NO.C5H10O2/c1-5-9-7-6-8(2,3)4;1-2-3-4-5(6)7/h5-7H2,1-4H3;2-4H2,1H3,(H,6,7)/q+1;/p-1. The molecule has 4 nitrogen and oxygen atoms in total. The SMILES string of the molecule is CCCCC(=O)[O-].CCOCC[N+](C)(C)C. The van der Waals surface area contributed by atoms with Crippen molar-refractivity contribution in [1.29, 1.82) is 0 Å². The molecular formula is C12H27NO3. The highest BCUT2D eigenvalue weighted by Gasteiger charge is 2.04. The lowest BCUT2D eigenvalue weighted by atomic mass is 10.3. The molecule has 0 atom stereocenters. The number of quaternary nitrogens is 1. The van der Waals surface area contributed by atoms with E-state index >= 15 is 0 Å². The van der Waals surface area contributed by atoms with E-state index in [0.29, 0.717) is 0 Å². The molecule has 0 aliphatic heterocycles. The monoisotopic (exact) mass is 233 g/mol. The third kappa shape index (κ3) is 23.3. The number of likely N-dealkylation sites (N-methyl/N-ethyl adjacent to an activating group) is 1. The normalized spacial score (nSPS) is 10.6. The molecule has 0 bridgehead atoms. The maximum absolute atomic E-state index is 9.65. The first-order chi connectivity index (χ1) is 7.33. The number of unbranched alkanes of at least 4 members (excludes halogenated alkanes) is 1. The van der Waals surface area contributed by atoms with Gasteiger partial charge in [0.15, 0.2) is 0 Å². The van der Waals surface area contributed by atoms with E-state index in [0.717, 1.165) is 37.1 Å². The number of carbonyl (C=O) groups excluding carboxylic acids is 1. The minimum Gasteiger partial charge on any atom is -0.550 e. The van der Waals surface area contributed by atoms with Crippen molar-refractivity contribution in [3.63, 3.8) is 0 Å². The van der Waals surface area contributed by atoms with Gasteiger partial charge in [0, 0.05) is 12.6 Å². The maximum Gasteiger partial charge on any atom is 0.102 e. The maximum atomic E-state index is 9.65. The number of hydrogen-bond donors (Lipinski definition) is 0. The van der Waals surface area contributed by atoms with E-state index in [1.807, 2.05) is 13.8 Å². The summed E-state index contributed by atoms with van der Waals surface area (Å²) < 4.78 is 6.18. The highest BCUT2D eigenvalue weighted by atomic mass is 16.5. The van der Waals surface area contributed by atoms with E-state index < -0.39 is 5.97 Å². The summed E-state index contributed by atoms with van der Waals surface area (Å²) in [6.07, 6.45) is 1.87. The highest BCUT2D eigenvalue weighted by molar-refractivity contribution is 5.63. The van der Waals surface area contributed by atoms with Gasteiger partial charge in [0.2, 0.25) is 0 Å². The minimum absolute atomic E-state index is 0.205. The van der Waals surface area contributed by atoms with Crippen LogP contribution in [0, 0.1) is 0 Å². The van der Waals surface area contributed by atoms with Crippen LogP contribution in [0.5, 0.6) is 0 Å². The minimum atomic E-state index is -0.943. The molecule has 0 N–H and O–H groups in total. The first kappa shape index (κ1) is 17.8. The van der Waals surface area contributed by atoms with Crippen LogP contribution in [0.15, 0.2) is 0 Å². The number of aliphatic carboxylic acids is 1. The van der Waals surface area contributed by atoms with E-state index in [4.69, 9.17) is 4.74 Å². The van der Waals surface area contributed by atoms with Gasteiger partial charge in [-0.05, 0) is 19.8 Å². The van der Waals surface area contributed by atoms with Crippen LogP contribution in [0.3, 0.4) is 0 Å². The molecule has 0 aromatic carbocycles. The number of ether oxygens (including phenoxy) is 1. The number of carbonyl (C=O) groups is 1. The Kier molecular flexibility index (Phi) is 12.1. The van der Waals surface area contributed by atoms with Crippen LogP contribution in [-0.4, -0.2) is 51.4 Å². The van der Waals surface area contributed by atoms with Crippen molar-refractivity contribution in [2.75, 3.05) is 40.9 Å². The third-order valence-electron chi connectivity index (χ3n) is 1.85. The fraction of sp³-hybridized carbons (Fsp3) is 0.917. The molecule has 0 saturated heterocycles. The number of carboxylic acids is 1. The van der Waals surface area contributed by atoms with Crippen molar-refractivity contribution in [2.45, 2.75) is 33.1 Å². The second-order valence-electron chi connectivity index (χ2n) is 4.69. The van der Waals surface area contributed by atoms with E-state index in [-0.39, 0.29) is 6.42 Å². The average molecular weight is 233 g/mol. The third-order valence-corrected chi connectivity index (χ3v) is 1.85. The van der Waals surface area contributed by atoms with Crippen molar-refractivity contribution in [3.05, 3.63) is 0 Å². The van der Waals surface area contributed by atoms with Crippen LogP contribution in [0.1, 0.15) is 33.1 Å². The lowest BCUT2D eigenvalue weighted by molar-refractivity contribution is -0.870. The lowest BCUT2D eigenvalue weighted by Gasteiger charge is -2.23. The van der Waals surface area contributed by atoms with E-state index in [1.54, 1.807) is 0 Å². The molecule has 4 heteroatoms. The van der Waals surface area contributed by atoms with Gasteiger partial charge in [-0.1, -0.05) is 13.3 Å². The molecular weight excluding hydrogens is 206 g/mol. The molecule has 0 spiro atoms. The van der Waals surface area contributed by atoms with Crippen LogP contribution in [0.25, 0.3) is 0 Å². The van der Waals surface area contributed by atoms with Crippen LogP contribution in [-0.2, 0) is 9.53 Å². The Morgan fingerprint density at radius 3 is 2.06 bits per heavy atom. The van der Waals surface area contributed by atoms with Crippen LogP contribution in [0.2, 0.25) is 0 Å². The molecule has 0 rings (SSSR count). The predicted octanol–water partition coefficient (Wildman–Crippen LogP) is 0.656. The van der Waals surface area contributed by atoms with Crippen molar-refractivity contribution >= 4 is 5.97 Å². The summed E-state index contributed by atoms with van der Waals surface area (Å²) in [5.74, 6) is -0.943. The zero-order valence-corrected chi connectivity index (χ0v) is 11.4. The van der Waals surface area contributed by atoms with Gasteiger partial charge in [-0.3, -0.25) is 0 Å². The van der Waals surface area contributed by atoms with Gasteiger partial charge in [-0.25, -0.2) is 0 Å². The van der Waals surface area contributed by atoms with Gasteiger partial charge in [-0.2, -0.15) is 0 Å². The predicted molar refractivity (Wildman–Crippen MR) is 63.9 cm³/mol. The second kappa shape index (κ2) is 10.9. The summed E-state index contributed by atoms with van der Waals surface area (Å²) in [7, 11) is 6.50. The van der Waals surface area contributed by atoms with Gasteiger partial charge in [-0.15, -0.1) is 0 Å². The summed E-state index contributed by atoms with van der Waals surface area (Å²) in [6, 6.07) is 0. The zero-order valence-electron chi connectivity index (χ0n) is 11.4. The molecule has 0 saturated carbocycles. The Bertz CT molecular complexity index is 164. The Hall–Kier alpha value is -0.610. The Morgan fingerprint density at radius 2 is 1.81 bits per heavy atom. The molecule has 0 aromatic rings. The van der Waals surface area contributed by atoms with Gasteiger partial charge in [0.1, 0.15) is 6.54 Å². The van der Waals surface area contributed by atoms with Crippen molar-refractivity contribution in [2.24, 2.45) is 0 Å². The second-order valence-corrected chi connectivity index (χ2v) is 4.69. The molecule has 16 heavy (non-hydrogen) atoms. The Morgan fingerprint density at radius 1 is 1.25 bits per heavy atom. The van der Waals surface area contributed by atoms with E-state index in [1.165, 1.54) is 0 Å². The quantitative estimate of drug-likeness (QED) is 0.479. The largest absolute Gasteiger partial charge is 0.550 e. The molecule has 0 radical (unpaired) electrons. The summed E-state index contributed by atoms with van der Waals surface area (Å²) >= 11 is 0. The smallest absolute Gasteiger partial charge is 0.102 e. The lowest BCUT2D eigenvalue weighted by Crippen LogP contribution is -2.37. The number of rotatable bonds is 7. The Balaban J connectivity index is 0. The van der Waals surface area contributed by atoms with Crippen LogP contribution < -0.4 is 5.11 Å². The molecule has 98 valence electrons. The molecule has 0 aliphatic rings. The highest BCUT2D eigenvalue weighted by Crippen LogP contribution is 1.89. The van der Waals surface area contributed by atoms with Gasteiger partial charge < -0.3 is 19.1 Å². The van der Waals surface area contributed by atoms with Crippen molar-refractivity contribution in [1.82, 2.24) is 0 Å². The summed E-state index contributed by atoms with van der Waals surface area (Å²) in [5, 5.41) is 9.65. The van der Waals surface area contributed by atoms with Crippen molar-refractivity contribution in [3.8, 4) is 0 Å². The van der Waals surface area contributed by atoms with Crippen LogP contribution >= 0.6 is 0 Å². The Labute approximate surface area is 99.8 Å². The van der Waals surface area contributed by atoms with Gasteiger partial charge >= 0.3 is 0 Å². The molecule has 0 aliphatic carbocycles. The fourth-order valence-corrected chi connectivity index (χ4v) is 0.804. The number of carboxylic acid groups (broad SMARTS) is 1. The van der Waals surface area contributed by atoms with E-state index in [9.17, 15) is 9.90 Å². The first-order valence-corrected chi connectivity index (χ1v) is 5.91. The summed E-state index contributed by atoms with van der Waals surface area (Å²) in [5.41, 5.74) is 0. The number of hydrogen-bond acceptors (Lipinski definition) is 3. The molecule has 0 amide bonds. The molecule has 0 heterocycles. The fourth-order valence-electron chi connectivity index (χ4n) is 0.804. The molecule has 0 fully saturated rings. The van der Waals surface area contributed by atoms with Crippen LogP contribution in [0.4, 0.5) is 0 Å². The topological polar surface area (TPSA) is 49.4 Å². The molecule has 0 aromatic heterocycles. The number of nitrogens with zero attached hydrogens (tertiary/aromatic N) is 1. The van der Waals surface area contributed by atoms with Crippen molar-refractivity contribution < 1.29 is 19.1 Å². The molecule has 0 unspecified atom stereocenters. The van der Waals surface area contributed by atoms with Gasteiger partial charge in [0.05, 0.1) is 27.7 Å². The van der Waals surface area contributed by atoms with Gasteiger partial charge in [0.25, 0.3) is 0 Å². The zero-order chi connectivity index (χ0) is 13.0. The average Bonchev–Trinajstić information content (AvgIpc) is 2.14. The summed E-state index contributed by atoms with van der Waals surface area (Å²) in [4.78, 5) is 9.65. The van der Waals surface area contributed by atoms with E-state index in [2.05, 4.69) is 21.1 Å². The summed E-state index contributed by atoms with van der Waals surface area (Å²) in [6.45, 7) is 6.77.